The number of carbonyl (C=O) groups is 2. The summed E-state index contributed by atoms with van der Waals surface area (Å²) in [5.41, 5.74) is 11.4. The summed E-state index contributed by atoms with van der Waals surface area (Å²) >= 11 is 0. The van der Waals surface area contributed by atoms with Gasteiger partial charge in [-0.2, -0.15) is 0 Å². The Bertz CT molecular complexity index is 323. The molecule has 1 fully saturated rings. The van der Waals surface area contributed by atoms with E-state index in [0.717, 1.165) is 0 Å². The van der Waals surface area contributed by atoms with E-state index in [1.54, 1.807) is 0 Å². The van der Waals surface area contributed by atoms with Gasteiger partial charge in [0, 0.05) is 12.1 Å². The lowest BCUT2D eigenvalue weighted by molar-refractivity contribution is -0.177. The number of aliphatic hydroxyl groups is 1. The van der Waals surface area contributed by atoms with E-state index in [2.05, 4.69) is 0 Å². The Balaban J connectivity index is 2.62. The fourth-order valence-corrected chi connectivity index (χ4v) is 1.92. The first-order valence-corrected chi connectivity index (χ1v) is 5.63. The molecule has 0 aromatic heterocycles. The molecule has 8 heteroatoms. The molecule has 0 spiro atoms. The summed E-state index contributed by atoms with van der Waals surface area (Å²) in [6.07, 6.45) is -3.00. The lowest BCUT2D eigenvalue weighted by Crippen LogP contribution is -2.50. The minimum atomic E-state index is -2.10. The van der Waals surface area contributed by atoms with Crippen LogP contribution in [0.4, 0.5) is 0 Å². The van der Waals surface area contributed by atoms with Crippen LogP contribution in [0.15, 0.2) is 0 Å². The molecule has 0 saturated heterocycles. The average Bonchev–Trinajstić information content (AvgIpc) is 2.29. The van der Waals surface area contributed by atoms with Crippen molar-refractivity contribution in [2.24, 2.45) is 11.5 Å². The van der Waals surface area contributed by atoms with Gasteiger partial charge in [-0.3, -0.25) is 0 Å². The third kappa shape index (κ3) is 3.64. The normalized spacial score (nSPS) is 31.6. The van der Waals surface area contributed by atoms with Crippen LogP contribution in [0.3, 0.4) is 0 Å². The highest BCUT2D eigenvalue weighted by molar-refractivity contribution is 5.83. The van der Waals surface area contributed by atoms with E-state index in [9.17, 15) is 14.7 Å². The Labute approximate surface area is 104 Å². The number of ether oxygens (including phenoxy) is 1. The summed E-state index contributed by atoms with van der Waals surface area (Å²) in [6, 6.07) is -0.488. The molecule has 1 aliphatic rings. The van der Waals surface area contributed by atoms with Gasteiger partial charge in [-0.25, -0.2) is 9.59 Å². The van der Waals surface area contributed by atoms with Gasteiger partial charge < -0.3 is 31.5 Å². The van der Waals surface area contributed by atoms with E-state index < -0.39 is 30.3 Å². The Morgan fingerprint density at radius 2 is 1.72 bits per heavy atom. The van der Waals surface area contributed by atoms with Crippen molar-refractivity contribution in [2.75, 3.05) is 0 Å². The van der Waals surface area contributed by atoms with Crippen LogP contribution in [0.1, 0.15) is 19.3 Å². The molecule has 7 N–H and O–H groups in total. The summed E-state index contributed by atoms with van der Waals surface area (Å²) in [5, 5.41) is 26.7. The van der Waals surface area contributed by atoms with Crippen LogP contribution in [0, 0.1) is 0 Å². The van der Waals surface area contributed by atoms with Gasteiger partial charge in [0.25, 0.3) is 0 Å². The molecule has 0 bridgehead atoms. The van der Waals surface area contributed by atoms with Gasteiger partial charge in [-0.15, -0.1) is 0 Å². The first-order valence-electron chi connectivity index (χ1n) is 5.63. The predicted molar refractivity (Wildman–Crippen MR) is 59.7 cm³/mol. The topological polar surface area (TPSA) is 156 Å². The quantitative estimate of drug-likeness (QED) is 0.385. The van der Waals surface area contributed by atoms with Crippen molar-refractivity contribution in [3.8, 4) is 0 Å². The predicted octanol–water partition coefficient (Wildman–Crippen LogP) is -1.89. The molecule has 0 aromatic rings. The lowest BCUT2D eigenvalue weighted by atomic mass is 9.89. The van der Waals surface area contributed by atoms with Crippen LogP contribution >= 0.6 is 0 Å². The Hall–Kier alpha value is -1.22. The number of carboxylic acid groups (broad SMARTS) is 2. The van der Waals surface area contributed by atoms with E-state index in [0.29, 0.717) is 19.3 Å². The fraction of sp³-hybridized carbons (Fsp3) is 0.800. The molecule has 1 saturated carbocycles. The zero-order chi connectivity index (χ0) is 13.9. The smallest absolute Gasteiger partial charge is 0.336 e. The molecule has 1 rings (SSSR count). The second-order valence-electron chi connectivity index (χ2n) is 4.44. The van der Waals surface area contributed by atoms with Crippen molar-refractivity contribution >= 4 is 11.9 Å². The molecule has 5 atom stereocenters. The molecule has 104 valence electrons. The monoisotopic (exact) mass is 262 g/mol. The second-order valence-corrected chi connectivity index (χ2v) is 4.44. The summed E-state index contributed by atoms with van der Waals surface area (Å²) in [4.78, 5) is 21.4. The van der Waals surface area contributed by atoms with Crippen molar-refractivity contribution in [1.29, 1.82) is 0 Å². The molecule has 0 aliphatic heterocycles. The Morgan fingerprint density at radius 1 is 1.11 bits per heavy atom. The number of aliphatic hydroxyl groups excluding tert-OH is 1. The molecule has 3 unspecified atom stereocenters. The van der Waals surface area contributed by atoms with Gasteiger partial charge in [0.1, 0.15) is 0 Å². The highest BCUT2D eigenvalue weighted by Crippen LogP contribution is 2.21. The molecule has 0 heterocycles. The molecule has 0 radical (unpaired) electrons. The Morgan fingerprint density at radius 3 is 2.17 bits per heavy atom. The van der Waals surface area contributed by atoms with Gasteiger partial charge in [0.15, 0.2) is 12.2 Å². The average molecular weight is 262 g/mol. The Kier molecular flexibility index (Phi) is 5.03. The van der Waals surface area contributed by atoms with E-state index >= 15 is 0 Å². The highest BCUT2D eigenvalue weighted by atomic mass is 16.5. The second kappa shape index (κ2) is 6.10. The number of rotatable bonds is 5. The van der Waals surface area contributed by atoms with Crippen LogP contribution in [-0.2, 0) is 14.3 Å². The largest absolute Gasteiger partial charge is 0.479 e. The van der Waals surface area contributed by atoms with Crippen LogP contribution in [0.25, 0.3) is 0 Å². The summed E-state index contributed by atoms with van der Waals surface area (Å²) in [6.45, 7) is 0. The van der Waals surface area contributed by atoms with Gasteiger partial charge in [-0.1, -0.05) is 0 Å². The van der Waals surface area contributed by atoms with E-state index in [-0.39, 0.29) is 12.1 Å². The van der Waals surface area contributed by atoms with Crippen LogP contribution in [-0.4, -0.2) is 57.7 Å². The first-order chi connectivity index (χ1) is 8.32. The standard InChI is InChI=1S/C10H18N2O6/c11-5-2-1-4(3-6(5)12)18-8(10(16)17)7(13)9(14)15/h4-8,13H,1-3,11-12H2,(H,14,15)(H,16,17)/t4?,5-,6-,7?,8?/m1/s1. The molecule has 0 amide bonds. The molecular weight excluding hydrogens is 244 g/mol. The lowest BCUT2D eigenvalue weighted by Gasteiger charge is -2.33. The van der Waals surface area contributed by atoms with Crippen LogP contribution < -0.4 is 11.5 Å². The third-order valence-electron chi connectivity index (χ3n) is 3.03. The number of nitrogens with two attached hydrogens (primary N) is 2. The molecule has 18 heavy (non-hydrogen) atoms. The van der Waals surface area contributed by atoms with E-state index in [1.807, 2.05) is 0 Å². The van der Waals surface area contributed by atoms with Crippen molar-refractivity contribution < 1.29 is 29.6 Å². The minimum absolute atomic E-state index is 0.169. The fourth-order valence-electron chi connectivity index (χ4n) is 1.92. The third-order valence-corrected chi connectivity index (χ3v) is 3.03. The maximum atomic E-state index is 10.9. The summed E-state index contributed by atoms with van der Waals surface area (Å²) < 4.78 is 5.13. The SMILES string of the molecule is N[C@@H]1CCC(OC(C(=O)O)C(O)C(=O)O)C[C@H]1N. The van der Waals surface area contributed by atoms with Gasteiger partial charge in [-0.05, 0) is 19.3 Å². The van der Waals surface area contributed by atoms with Crippen molar-refractivity contribution in [3.63, 3.8) is 0 Å². The number of aliphatic carboxylic acids is 2. The van der Waals surface area contributed by atoms with Crippen molar-refractivity contribution in [1.82, 2.24) is 0 Å². The highest BCUT2D eigenvalue weighted by Gasteiger charge is 2.37. The van der Waals surface area contributed by atoms with Crippen LogP contribution in [0.5, 0.6) is 0 Å². The zero-order valence-corrected chi connectivity index (χ0v) is 9.73. The number of hydrogen-bond acceptors (Lipinski definition) is 6. The van der Waals surface area contributed by atoms with E-state index in [1.165, 1.54) is 0 Å². The molecule has 1 aliphatic carbocycles. The number of hydrogen-bond donors (Lipinski definition) is 5. The zero-order valence-electron chi connectivity index (χ0n) is 9.73. The van der Waals surface area contributed by atoms with Gasteiger partial charge >= 0.3 is 11.9 Å². The van der Waals surface area contributed by atoms with Gasteiger partial charge in [0.2, 0.25) is 0 Å². The molecular formula is C10H18N2O6. The maximum Gasteiger partial charge on any atom is 0.336 e. The first kappa shape index (κ1) is 14.8. The minimum Gasteiger partial charge on any atom is -0.479 e. The summed E-state index contributed by atoms with van der Waals surface area (Å²) in [7, 11) is 0. The van der Waals surface area contributed by atoms with Gasteiger partial charge in [0.05, 0.1) is 6.10 Å². The number of carboxylic acids is 2. The molecule has 8 nitrogen and oxygen atoms in total. The maximum absolute atomic E-state index is 10.9. The summed E-state index contributed by atoms with van der Waals surface area (Å²) in [5.74, 6) is -3.16. The molecule has 0 aromatic carbocycles. The van der Waals surface area contributed by atoms with Crippen molar-refractivity contribution in [3.05, 3.63) is 0 Å². The van der Waals surface area contributed by atoms with E-state index in [4.69, 9.17) is 26.4 Å². The van der Waals surface area contributed by atoms with Crippen molar-refractivity contribution in [2.45, 2.75) is 49.7 Å². The van der Waals surface area contributed by atoms with Crippen LogP contribution in [0.2, 0.25) is 0 Å².